The number of unbranched alkanes of at least 4 members (excludes halogenated alkanes) is 4. The van der Waals surface area contributed by atoms with Crippen molar-refractivity contribution in [1.82, 2.24) is 15.5 Å². The van der Waals surface area contributed by atoms with Crippen LogP contribution in [0.1, 0.15) is 90.9 Å². The van der Waals surface area contributed by atoms with Crippen LogP contribution in [-0.2, 0) is 9.59 Å². The number of aliphatic hydroxyl groups is 1. The van der Waals surface area contributed by atoms with Crippen molar-refractivity contribution in [3.05, 3.63) is 24.3 Å². The number of hydrogen-bond donors (Lipinski definition) is 3. The van der Waals surface area contributed by atoms with E-state index >= 15 is 0 Å². The standard InChI is InChI=1S/C26H49N3O3/c1-3-5-7-9-11-13-17-25(31)27-19-15-21-29(23-24-30)22-16-20-28-26(32)18-14-12-10-8-6-4-2/h5-8,30H,3-4,9-24H2,1-2H3,(H,27,31)(H,28,32)/b7-5+,8-6+. The molecule has 6 heteroatoms. The van der Waals surface area contributed by atoms with Crippen molar-refractivity contribution in [2.24, 2.45) is 0 Å². The molecule has 0 fully saturated rings. The van der Waals surface area contributed by atoms with Crippen LogP contribution in [0.4, 0.5) is 0 Å². The minimum Gasteiger partial charge on any atom is -0.395 e. The Kier molecular flexibility index (Phi) is 22.7. The summed E-state index contributed by atoms with van der Waals surface area (Å²) in [4.78, 5) is 26.0. The van der Waals surface area contributed by atoms with E-state index in [0.29, 0.717) is 32.5 Å². The topological polar surface area (TPSA) is 81.7 Å². The molecule has 0 saturated carbocycles. The fraction of sp³-hybridized carbons (Fsp3) is 0.769. The van der Waals surface area contributed by atoms with Gasteiger partial charge in [-0.15, -0.1) is 0 Å². The van der Waals surface area contributed by atoms with Gasteiger partial charge in [0.05, 0.1) is 6.61 Å². The molecule has 0 rings (SSSR count). The van der Waals surface area contributed by atoms with Crippen molar-refractivity contribution in [3.8, 4) is 0 Å². The molecule has 0 unspecified atom stereocenters. The summed E-state index contributed by atoms with van der Waals surface area (Å²) in [6, 6.07) is 0. The monoisotopic (exact) mass is 451 g/mol. The summed E-state index contributed by atoms with van der Waals surface area (Å²) in [5.41, 5.74) is 0. The number of nitrogens with one attached hydrogen (secondary N) is 2. The number of carbonyl (C=O) groups is 2. The highest BCUT2D eigenvalue weighted by Crippen LogP contribution is 2.02. The maximum atomic E-state index is 11.9. The molecular weight excluding hydrogens is 402 g/mol. The van der Waals surface area contributed by atoms with E-state index in [2.05, 4.69) is 53.7 Å². The third kappa shape index (κ3) is 21.6. The largest absolute Gasteiger partial charge is 0.395 e. The lowest BCUT2D eigenvalue weighted by Crippen LogP contribution is -2.34. The Bertz CT molecular complexity index is 465. The van der Waals surface area contributed by atoms with Gasteiger partial charge in [0.15, 0.2) is 0 Å². The quantitative estimate of drug-likeness (QED) is 0.169. The van der Waals surface area contributed by atoms with Crippen LogP contribution in [-0.4, -0.2) is 61.2 Å². The van der Waals surface area contributed by atoms with E-state index in [1.165, 1.54) is 0 Å². The minimum absolute atomic E-state index is 0.123. The highest BCUT2D eigenvalue weighted by Gasteiger charge is 2.06. The molecule has 186 valence electrons. The van der Waals surface area contributed by atoms with Crippen molar-refractivity contribution in [3.63, 3.8) is 0 Å². The minimum atomic E-state index is 0.123. The maximum Gasteiger partial charge on any atom is 0.219 e. The van der Waals surface area contributed by atoms with Crippen LogP contribution in [0.15, 0.2) is 24.3 Å². The van der Waals surface area contributed by atoms with E-state index in [1.807, 2.05) is 0 Å². The molecule has 6 nitrogen and oxygen atoms in total. The predicted octanol–water partition coefficient (Wildman–Crippen LogP) is 4.35. The first-order chi connectivity index (χ1) is 15.6. The molecule has 0 radical (unpaired) electrons. The van der Waals surface area contributed by atoms with Crippen molar-refractivity contribution < 1.29 is 14.7 Å². The summed E-state index contributed by atoms with van der Waals surface area (Å²) in [5, 5.41) is 15.3. The number of amides is 2. The zero-order valence-electron chi connectivity index (χ0n) is 20.7. The summed E-state index contributed by atoms with van der Waals surface area (Å²) >= 11 is 0. The molecule has 0 aliphatic rings. The van der Waals surface area contributed by atoms with Gasteiger partial charge < -0.3 is 20.6 Å². The van der Waals surface area contributed by atoms with Gasteiger partial charge in [0.25, 0.3) is 0 Å². The summed E-state index contributed by atoms with van der Waals surface area (Å²) in [6.07, 6.45) is 19.8. The van der Waals surface area contributed by atoms with Gasteiger partial charge in [-0.3, -0.25) is 9.59 Å². The molecule has 0 saturated heterocycles. The lowest BCUT2D eigenvalue weighted by atomic mass is 10.1. The Morgan fingerprint density at radius 1 is 0.688 bits per heavy atom. The smallest absolute Gasteiger partial charge is 0.219 e. The molecule has 3 N–H and O–H groups in total. The van der Waals surface area contributed by atoms with Crippen LogP contribution in [0.25, 0.3) is 0 Å². The van der Waals surface area contributed by atoms with Crippen LogP contribution in [0.3, 0.4) is 0 Å². The second-order valence-electron chi connectivity index (χ2n) is 8.22. The second kappa shape index (κ2) is 24.0. The molecule has 0 aliphatic heterocycles. The van der Waals surface area contributed by atoms with Gasteiger partial charge in [-0.05, 0) is 77.3 Å². The number of aliphatic hydroxyl groups excluding tert-OH is 1. The summed E-state index contributed by atoms with van der Waals surface area (Å²) < 4.78 is 0. The lowest BCUT2D eigenvalue weighted by Gasteiger charge is -2.21. The number of nitrogens with zero attached hydrogens (tertiary/aromatic N) is 1. The van der Waals surface area contributed by atoms with Crippen molar-refractivity contribution >= 4 is 11.8 Å². The van der Waals surface area contributed by atoms with E-state index in [1.54, 1.807) is 0 Å². The molecule has 0 aromatic carbocycles. The molecule has 32 heavy (non-hydrogen) atoms. The summed E-state index contributed by atoms with van der Waals surface area (Å²) in [6.45, 7) is 8.00. The van der Waals surface area contributed by atoms with E-state index < -0.39 is 0 Å². The second-order valence-corrected chi connectivity index (χ2v) is 8.22. The first-order valence-electron chi connectivity index (χ1n) is 12.8. The van der Waals surface area contributed by atoms with E-state index in [-0.39, 0.29) is 18.4 Å². The van der Waals surface area contributed by atoms with Crippen LogP contribution in [0.2, 0.25) is 0 Å². The van der Waals surface area contributed by atoms with Crippen LogP contribution in [0, 0.1) is 0 Å². The SMILES string of the molecule is CC/C=C/CCCCC(=O)NCCCN(CCO)CCCNC(=O)CCCC/C=C/CC. The van der Waals surface area contributed by atoms with E-state index in [4.69, 9.17) is 0 Å². The number of hydrogen-bond acceptors (Lipinski definition) is 4. The Morgan fingerprint density at radius 2 is 1.16 bits per heavy atom. The fourth-order valence-corrected chi connectivity index (χ4v) is 3.38. The molecule has 0 aliphatic carbocycles. The molecule has 0 aromatic rings. The fourth-order valence-electron chi connectivity index (χ4n) is 3.38. The number of allylic oxidation sites excluding steroid dienone is 4. The van der Waals surface area contributed by atoms with Crippen LogP contribution < -0.4 is 10.6 Å². The van der Waals surface area contributed by atoms with Gasteiger partial charge in [-0.1, -0.05) is 38.2 Å². The van der Waals surface area contributed by atoms with Gasteiger partial charge in [0, 0.05) is 32.5 Å². The Balaban J connectivity index is 3.74. The Labute approximate surface area is 196 Å². The van der Waals surface area contributed by atoms with E-state index in [0.717, 1.165) is 77.3 Å². The van der Waals surface area contributed by atoms with Crippen LogP contribution >= 0.6 is 0 Å². The first-order valence-corrected chi connectivity index (χ1v) is 12.8. The van der Waals surface area contributed by atoms with Gasteiger partial charge in [-0.25, -0.2) is 0 Å². The first kappa shape index (κ1) is 30.3. The average Bonchev–Trinajstić information content (AvgIpc) is 2.78. The van der Waals surface area contributed by atoms with Crippen LogP contribution in [0.5, 0.6) is 0 Å². The predicted molar refractivity (Wildman–Crippen MR) is 135 cm³/mol. The molecule has 0 aromatic heterocycles. The lowest BCUT2D eigenvalue weighted by molar-refractivity contribution is -0.122. The van der Waals surface area contributed by atoms with Gasteiger partial charge in [0.1, 0.15) is 0 Å². The van der Waals surface area contributed by atoms with E-state index in [9.17, 15) is 14.7 Å². The Morgan fingerprint density at radius 3 is 1.56 bits per heavy atom. The zero-order chi connectivity index (χ0) is 23.7. The molecule has 0 atom stereocenters. The maximum absolute atomic E-state index is 11.9. The van der Waals surface area contributed by atoms with Gasteiger partial charge in [0.2, 0.25) is 11.8 Å². The molecule has 0 bridgehead atoms. The third-order valence-corrected chi connectivity index (χ3v) is 5.22. The zero-order valence-corrected chi connectivity index (χ0v) is 20.7. The molecule has 0 spiro atoms. The van der Waals surface area contributed by atoms with Gasteiger partial charge in [-0.2, -0.15) is 0 Å². The molecule has 2 amide bonds. The number of carbonyl (C=O) groups excluding carboxylic acids is 2. The highest BCUT2D eigenvalue weighted by molar-refractivity contribution is 5.76. The normalized spacial score (nSPS) is 11.6. The highest BCUT2D eigenvalue weighted by atomic mass is 16.3. The van der Waals surface area contributed by atoms with Crippen molar-refractivity contribution in [1.29, 1.82) is 0 Å². The summed E-state index contributed by atoms with van der Waals surface area (Å²) in [7, 11) is 0. The summed E-state index contributed by atoms with van der Waals surface area (Å²) in [5.74, 6) is 0.254. The molecule has 0 heterocycles. The Hall–Kier alpha value is -1.66. The third-order valence-electron chi connectivity index (χ3n) is 5.22. The molecular formula is C26H49N3O3. The number of rotatable bonds is 22. The average molecular weight is 452 g/mol. The van der Waals surface area contributed by atoms with Crippen molar-refractivity contribution in [2.75, 3.05) is 39.3 Å². The van der Waals surface area contributed by atoms with Crippen molar-refractivity contribution in [2.45, 2.75) is 90.9 Å². The van der Waals surface area contributed by atoms with Gasteiger partial charge >= 0.3 is 0 Å².